The van der Waals surface area contributed by atoms with Crippen molar-refractivity contribution in [2.75, 3.05) is 13.2 Å². The third-order valence-electron chi connectivity index (χ3n) is 1.33. The summed E-state index contributed by atoms with van der Waals surface area (Å²) in [6.45, 7) is 4.78. The van der Waals surface area contributed by atoms with E-state index in [1.165, 1.54) is 0 Å². The van der Waals surface area contributed by atoms with Crippen molar-refractivity contribution in [1.82, 2.24) is 0 Å². The molecule has 0 saturated carbocycles. The van der Waals surface area contributed by atoms with Gasteiger partial charge in [-0.15, -0.1) is 0 Å². The van der Waals surface area contributed by atoms with Crippen LogP contribution in [0.25, 0.3) is 0 Å². The highest BCUT2D eigenvalue weighted by atomic mass is 16.2. The number of rotatable bonds is 3. The molecule has 0 bridgehead atoms. The van der Waals surface area contributed by atoms with Crippen LogP contribution in [0.4, 0.5) is 0 Å². The van der Waals surface area contributed by atoms with Crippen molar-refractivity contribution in [2.45, 2.75) is 13.8 Å². The normalized spacial score (nSPS) is 12.8. The number of hydrogen-bond acceptors (Lipinski definition) is 2. The summed E-state index contributed by atoms with van der Waals surface area (Å²) in [6.07, 6.45) is 1.77. The summed E-state index contributed by atoms with van der Waals surface area (Å²) in [5.41, 5.74) is 6.50. The van der Waals surface area contributed by atoms with Crippen molar-refractivity contribution in [3.63, 3.8) is 0 Å². The lowest BCUT2D eigenvalue weighted by atomic mass is 10.0. The van der Waals surface area contributed by atoms with Gasteiger partial charge in [0.1, 0.15) is 0 Å². The first-order valence-electron chi connectivity index (χ1n) is 3.22. The maximum absolute atomic E-state index is 8.48. The van der Waals surface area contributed by atoms with Crippen molar-refractivity contribution < 1.29 is 5.11 Å². The second-order valence-electron chi connectivity index (χ2n) is 2.32. The summed E-state index contributed by atoms with van der Waals surface area (Å²) in [5, 5.41) is 8.48. The number of hydrogen-bond donors (Lipinski definition) is 2. The molecule has 54 valence electrons. The molecule has 0 aromatic carbocycles. The summed E-state index contributed by atoms with van der Waals surface area (Å²) in [5.74, 6) is 0.460. The zero-order valence-corrected chi connectivity index (χ0v) is 6.09. The van der Waals surface area contributed by atoms with E-state index in [-0.39, 0.29) is 6.61 Å². The lowest BCUT2D eigenvalue weighted by Crippen LogP contribution is -2.08. The fourth-order valence-corrected chi connectivity index (χ4v) is 0.672. The Kier molecular flexibility index (Phi) is 4.36. The first kappa shape index (κ1) is 8.66. The maximum atomic E-state index is 8.48. The van der Waals surface area contributed by atoms with Crippen LogP contribution in [0.15, 0.2) is 11.6 Å². The van der Waals surface area contributed by atoms with Crippen molar-refractivity contribution in [2.24, 2.45) is 11.7 Å². The van der Waals surface area contributed by atoms with Gasteiger partial charge in [0.15, 0.2) is 0 Å². The number of aliphatic hydroxyl groups is 1. The van der Waals surface area contributed by atoms with Crippen LogP contribution >= 0.6 is 0 Å². The van der Waals surface area contributed by atoms with E-state index in [0.717, 1.165) is 5.57 Å². The number of nitrogens with two attached hydrogens (primary N) is 1. The van der Waals surface area contributed by atoms with Crippen LogP contribution in [0.2, 0.25) is 0 Å². The van der Waals surface area contributed by atoms with Gasteiger partial charge in [0.25, 0.3) is 0 Å². The Bertz CT molecular complexity index is 97.1. The van der Waals surface area contributed by atoms with Crippen LogP contribution in [0, 0.1) is 5.92 Å². The van der Waals surface area contributed by atoms with E-state index in [4.69, 9.17) is 10.8 Å². The fourth-order valence-electron chi connectivity index (χ4n) is 0.672. The number of aliphatic hydroxyl groups excluding tert-OH is 1. The van der Waals surface area contributed by atoms with E-state index < -0.39 is 0 Å². The van der Waals surface area contributed by atoms with Crippen molar-refractivity contribution in [1.29, 1.82) is 0 Å². The van der Waals surface area contributed by atoms with Gasteiger partial charge in [0.05, 0.1) is 6.61 Å². The maximum Gasteiger partial charge on any atom is 0.0615 e. The van der Waals surface area contributed by atoms with Gasteiger partial charge in [-0.3, -0.25) is 0 Å². The van der Waals surface area contributed by atoms with Gasteiger partial charge in [-0.2, -0.15) is 0 Å². The molecule has 2 nitrogen and oxygen atoms in total. The van der Waals surface area contributed by atoms with Crippen LogP contribution in [-0.2, 0) is 0 Å². The molecule has 3 N–H and O–H groups in total. The lowest BCUT2D eigenvalue weighted by Gasteiger charge is -2.06. The summed E-state index contributed by atoms with van der Waals surface area (Å²) in [7, 11) is 0. The SMILES string of the molecule is CC(C)/C(=C/CO)CN. The highest BCUT2D eigenvalue weighted by Crippen LogP contribution is 2.05. The molecule has 9 heavy (non-hydrogen) atoms. The monoisotopic (exact) mass is 129 g/mol. The van der Waals surface area contributed by atoms with Gasteiger partial charge in [-0.05, 0) is 5.92 Å². The molecule has 0 aliphatic rings. The Balaban J connectivity index is 3.81. The summed E-state index contributed by atoms with van der Waals surface area (Å²) >= 11 is 0. The summed E-state index contributed by atoms with van der Waals surface area (Å²) < 4.78 is 0. The minimum Gasteiger partial charge on any atom is -0.392 e. The average Bonchev–Trinajstić information content (AvgIpc) is 1.82. The van der Waals surface area contributed by atoms with Crippen LogP contribution in [0.5, 0.6) is 0 Å². The molecule has 0 radical (unpaired) electrons. The second-order valence-corrected chi connectivity index (χ2v) is 2.32. The Labute approximate surface area is 56.4 Å². The Morgan fingerprint density at radius 2 is 2.22 bits per heavy atom. The predicted molar refractivity (Wildman–Crippen MR) is 39.1 cm³/mol. The zero-order chi connectivity index (χ0) is 7.28. The van der Waals surface area contributed by atoms with Gasteiger partial charge in [0, 0.05) is 6.54 Å². The first-order valence-corrected chi connectivity index (χ1v) is 3.22. The Morgan fingerprint density at radius 1 is 1.67 bits per heavy atom. The van der Waals surface area contributed by atoms with E-state index in [0.29, 0.717) is 12.5 Å². The topological polar surface area (TPSA) is 46.2 Å². The van der Waals surface area contributed by atoms with Crippen LogP contribution in [-0.4, -0.2) is 18.3 Å². The van der Waals surface area contributed by atoms with E-state index in [1.807, 2.05) is 0 Å². The first-order chi connectivity index (χ1) is 4.22. The third kappa shape index (κ3) is 3.27. The molecule has 0 heterocycles. The molecule has 0 atom stereocenters. The molecule has 0 spiro atoms. The highest BCUT2D eigenvalue weighted by Gasteiger charge is 1.97. The van der Waals surface area contributed by atoms with E-state index in [1.54, 1.807) is 6.08 Å². The standard InChI is InChI=1S/C7H15NO/c1-6(2)7(5-8)3-4-9/h3,6,9H,4-5,8H2,1-2H3/b7-3+. The van der Waals surface area contributed by atoms with Crippen molar-refractivity contribution in [3.8, 4) is 0 Å². The molecule has 0 aromatic heterocycles. The van der Waals surface area contributed by atoms with Gasteiger partial charge in [-0.25, -0.2) is 0 Å². The average molecular weight is 129 g/mol. The van der Waals surface area contributed by atoms with Gasteiger partial charge < -0.3 is 10.8 Å². The molecular formula is C7H15NO. The predicted octanol–water partition coefficient (Wildman–Crippen LogP) is 0.520. The minimum absolute atomic E-state index is 0.102. The molecule has 0 unspecified atom stereocenters. The third-order valence-corrected chi connectivity index (χ3v) is 1.33. The highest BCUT2D eigenvalue weighted by molar-refractivity contribution is 5.05. The fraction of sp³-hybridized carbons (Fsp3) is 0.714. The van der Waals surface area contributed by atoms with Gasteiger partial charge >= 0.3 is 0 Å². The van der Waals surface area contributed by atoms with Gasteiger partial charge in [-0.1, -0.05) is 25.5 Å². The molecule has 0 aromatic rings. The molecule has 0 rings (SSSR count). The van der Waals surface area contributed by atoms with Crippen LogP contribution < -0.4 is 5.73 Å². The molecule has 0 amide bonds. The molecule has 0 fully saturated rings. The molecule has 2 heteroatoms. The smallest absolute Gasteiger partial charge is 0.0615 e. The van der Waals surface area contributed by atoms with E-state index in [9.17, 15) is 0 Å². The summed E-state index contributed by atoms with van der Waals surface area (Å²) in [4.78, 5) is 0. The summed E-state index contributed by atoms with van der Waals surface area (Å²) in [6, 6.07) is 0. The van der Waals surface area contributed by atoms with Crippen molar-refractivity contribution >= 4 is 0 Å². The molecular weight excluding hydrogens is 114 g/mol. The van der Waals surface area contributed by atoms with E-state index in [2.05, 4.69) is 13.8 Å². The van der Waals surface area contributed by atoms with Crippen LogP contribution in [0.3, 0.4) is 0 Å². The minimum atomic E-state index is 0.102. The van der Waals surface area contributed by atoms with E-state index >= 15 is 0 Å². The largest absolute Gasteiger partial charge is 0.392 e. The Morgan fingerprint density at radius 3 is 2.33 bits per heavy atom. The zero-order valence-electron chi connectivity index (χ0n) is 6.09. The Hall–Kier alpha value is -0.340. The molecule has 0 aliphatic carbocycles. The van der Waals surface area contributed by atoms with Crippen LogP contribution in [0.1, 0.15) is 13.8 Å². The molecule has 0 aliphatic heterocycles. The molecule has 0 saturated heterocycles. The van der Waals surface area contributed by atoms with Crippen molar-refractivity contribution in [3.05, 3.63) is 11.6 Å². The second kappa shape index (κ2) is 4.53. The lowest BCUT2D eigenvalue weighted by molar-refractivity contribution is 0.340. The van der Waals surface area contributed by atoms with Gasteiger partial charge in [0.2, 0.25) is 0 Å². The quantitative estimate of drug-likeness (QED) is 0.546.